The topological polar surface area (TPSA) is 38.3 Å². The maximum absolute atomic E-state index is 10.4. The molecule has 0 aromatic rings. The first kappa shape index (κ1) is 6.13. The summed E-state index contributed by atoms with van der Waals surface area (Å²) >= 11 is 0. The fourth-order valence-corrected chi connectivity index (χ4v) is 0.658. The van der Waals surface area contributed by atoms with E-state index >= 15 is 0 Å². The van der Waals surface area contributed by atoms with Crippen LogP contribution in [0.2, 0.25) is 0 Å². The highest BCUT2D eigenvalue weighted by Crippen LogP contribution is 2.01. The smallest absolute Gasteiger partial charge is 0.407 e. The summed E-state index contributed by atoms with van der Waals surface area (Å²) in [4.78, 5) is 10.4. The summed E-state index contributed by atoms with van der Waals surface area (Å²) in [6.07, 6.45) is 1.45. The first-order chi connectivity index (χ1) is 4.33. The lowest BCUT2D eigenvalue weighted by molar-refractivity contribution is 0.114. The van der Waals surface area contributed by atoms with Crippen LogP contribution >= 0.6 is 0 Å². The maximum Gasteiger partial charge on any atom is 0.407 e. The minimum absolute atomic E-state index is 0.280. The zero-order chi connectivity index (χ0) is 6.69. The molecule has 50 valence electrons. The number of hydrogen-bond donors (Lipinski definition) is 1. The van der Waals surface area contributed by atoms with Gasteiger partial charge in [0, 0.05) is 12.5 Å². The predicted molar refractivity (Wildman–Crippen MR) is 33.0 cm³/mol. The van der Waals surface area contributed by atoms with Crippen molar-refractivity contribution in [2.75, 3.05) is 13.2 Å². The van der Waals surface area contributed by atoms with Gasteiger partial charge in [0.1, 0.15) is 6.61 Å². The first-order valence-electron chi connectivity index (χ1n) is 2.86. The van der Waals surface area contributed by atoms with E-state index in [1.807, 2.05) is 0 Å². The number of nitrogens with one attached hydrogen (secondary N) is 1. The minimum atomic E-state index is -0.326. The molecule has 0 aromatic heterocycles. The lowest BCUT2D eigenvalue weighted by Crippen LogP contribution is -2.37. The molecule has 1 saturated heterocycles. The van der Waals surface area contributed by atoms with Gasteiger partial charge in [0.15, 0.2) is 0 Å². The second-order valence-electron chi connectivity index (χ2n) is 1.98. The highest BCUT2D eigenvalue weighted by Gasteiger charge is 2.14. The average Bonchev–Trinajstić information content (AvgIpc) is 1.90. The van der Waals surface area contributed by atoms with Crippen molar-refractivity contribution < 1.29 is 9.53 Å². The van der Waals surface area contributed by atoms with E-state index in [1.165, 1.54) is 0 Å². The molecule has 1 N–H and O–H groups in total. The van der Waals surface area contributed by atoms with E-state index in [0.29, 0.717) is 13.2 Å². The second-order valence-corrected chi connectivity index (χ2v) is 1.98. The van der Waals surface area contributed by atoms with Gasteiger partial charge in [-0.15, -0.1) is 6.58 Å². The molecule has 1 aliphatic heterocycles. The lowest BCUT2D eigenvalue weighted by Gasteiger charge is -2.18. The van der Waals surface area contributed by atoms with E-state index in [4.69, 9.17) is 0 Å². The van der Waals surface area contributed by atoms with Crippen LogP contribution < -0.4 is 5.32 Å². The summed E-state index contributed by atoms with van der Waals surface area (Å²) < 4.78 is 4.66. The molecule has 1 heterocycles. The van der Waals surface area contributed by atoms with Gasteiger partial charge in [0.2, 0.25) is 0 Å². The Bertz CT molecular complexity index is 123. The summed E-state index contributed by atoms with van der Waals surface area (Å²) in [5.74, 6) is 0.280. The Kier molecular flexibility index (Phi) is 1.72. The van der Waals surface area contributed by atoms with Crippen LogP contribution in [0.3, 0.4) is 0 Å². The van der Waals surface area contributed by atoms with Gasteiger partial charge in [0.05, 0.1) is 0 Å². The third-order valence-electron chi connectivity index (χ3n) is 1.27. The largest absolute Gasteiger partial charge is 0.449 e. The van der Waals surface area contributed by atoms with Crippen molar-refractivity contribution in [3.05, 3.63) is 12.7 Å². The predicted octanol–water partition coefficient (Wildman–Crippen LogP) is 0.528. The van der Waals surface area contributed by atoms with Crippen LogP contribution in [0.5, 0.6) is 0 Å². The van der Waals surface area contributed by atoms with Crippen LogP contribution in [0, 0.1) is 5.92 Å². The molecule has 1 fully saturated rings. The third-order valence-corrected chi connectivity index (χ3v) is 1.27. The summed E-state index contributed by atoms with van der Waals surface area (Å²) in [5.41, 5.74) is 0. The molecule has 3 nitrogen and oxygen atoms in total. The summed E-state index contributed by atoms with van der Waals surface area (Å²) in [7, 11) is 0. The molecule has 1 amide bonds. The summed E-state index contributed by atoms with van der Waals surface area (Å²) in [6.45, 7) is 4.70. The molecular formula is C6H9NO2. The average molecular weight is 127 g/mol. The van der Waals surface area contributed by atoms with Crippen molar-refractivity contribution in [3.8, 4) is 0 Å². The van der Waals surface area contributed by atoms with Crippen LogP contribution in [0.15, 0.2) is 12.7 Å². The van der Waals surface area contributed by atoms with Crippen molar-refractivity contribution in [2.24, 2.45) is 5.92 Å². The number of rotatable bonds is 1. The number of hydrogen-bond acceptors (Lipinski definition) is 2. The van der Waals surface area contributed by atoms with Gasteiger partial charge in [-0.3, -0.25) is 0 Å². The van der Waals surface area contributed by atoms with Crippen LogP contribution in [-0.2, 0) is 4.74 Å². The Morgan fingerprint density at radius 1 is 1.89 bits per heavy atom. The molecule has 0 saturated carbocycles. The molecule has 0 radical (unpaired) electrons. The van der Waals surface area contributed by atoms with Crippen molar-refractivity contribution in [3.63, 3.8) is 0 Å². The van der Waals surface area contributed by atoms with E-state index in [1.54, 1.807) is 6.08 Å². The van der Waals surface area contributed by atoms with Crippen molar-refractivity contribution in [1.29, 1.82) is 0 Å². The number of carbonyl (C=O) groups is 1. The normalized spacial score (nSPS) is 26.2. The third kappa shape index (κ3) is 1.45. The highest BCUT2D eigenvalue weighted by atomic mass is 16.6. The molecule has 3 heteroatoms. The molecule has 1 rings (SSSR count). The molecular weight excluding hydrogens is 118 g/mol. The van der Waals surface area contributed by atoms with Gasteiger partial charge < -0.3 is 10.1 Å². The zero-order valence-corrected chi connectivity index (χ0v) is 5.09. The van der Waals surface area contributed by atoms with E-state index in [2.05, 4.69) is 16.6 Å². The van der Waals surface area contributed by atoms with E-state index in [-0.39, 0.29) is 12.0 Å². The molecule has 9 heavy (non-hydrogen) atoms. The molecule has 0 aromatic carbocycles. The van der Waals surface area contributed by atoms with Gasteiger partial charge in [-0.25, -0.2) is 4.79 Å². The number of amides is 1. The number of carbonyl (C=O) groups excluding carboxylic acids is 1. The van der Waals surface area contributed by atoms with Crippen LogP contribution in [0.1, 0.15) is 0 Å². The Hall–Kier alpha value is -0.990. The van der Waals surface area contributed by atoms with Gasteiger partial charge in [-0.05, 0) is 0 Å². The van der Waals surface area contributed by atoms with Gasteiger partial charge in [-0.1, -0.05) is 6.08 Å². The monoisotopic (exact) mass is 127 g/mol. The summed E-state index contributed by atoms with van der Waals surface area (Å²) in [5, 5.41) is 2.55. The zero-order valence-electron chi connectivity index (χ0n) is 5.09. The SMILES string of the molecule is C=C[C@H]1CNC(=O)OC1. The second kappa shape index (κ2) is 2.53. The Morgan fingerprint density at radius 3 is 3.11 bits per heavy atom. The quantitative estimate of drug-likeness (QED) is 0.522. The fraction of sp³-hybridized carbons (Fsp3) is 0.500. The van der Waals surface area contributed by atoms with E-state index in [0.717, 1.165) is 0 Å². The van der Waals surface area contributed by atoms with Crippen LogP contribution in [0.25, 0.3) is 0 Å². The van der Waals surface area contributed by atoms with Crippen molar-refractivity contribution in [2.45, 2.75) is 0 Å². The standard InChI is InChI=1S/C6H9NO2/c1-2-5-3-7-6(8)9-4-5/h2,5H,1,3-4H2,(H,7,8)/t5-/m0/s1. The molecule has 0 bridgehead atoms. The maximum atomic E-state index is 10.4. The fourth-order valence-electron chi connectivity index (χ4n) is 0.658. The van der Waals surface area contributed by atoms with Gasteiger partial charge in [0.25, 0.3) is 0 Å². The Morgan fingerprint density at radius 2 is 2.67 bits per heavy atom. The molecule has 0 aliphatic carbocycles. The summed E-state index contributed by atoms with van der Waals surface area (Å²) in [6, 6.07) is 0. The van der Waals surface area contributed by atoms with Gasteiger partial charge >= 0.3 is 6.09 Å². The van der Waals surface area contributed by atoms with Crippen molar-refractivity contribution >= 4 is 6.09 Å². The molecule has 0 spiro atoms. The number of alkyl carbamates (subject to hydrolysis) is 1. The van der Waals surface area contributed by atoms with E-state index < -0.39 is 0 Å². The van der Waals surface area contributed by atoms with E-state index in [9.17, 15) is 4.79 Å². The van der Waals surface area contributed by atoms with Gasteiger partial charge in [-0.2, -0.15) is 0 Å². The Balaban J connectivity index is 2.34. The van der Waals surface area contributed by atoms with Crippen LogP contribution in [0.4, 0.5) is 4.79 Å². The number of ether oxygens (including phenoxy) is 1. The number of cyclic esters (lactones) is 1. The Labute approximate surface area is 53.7 Å². The minimum Gasteiger partial charge on any atom is -0.449 e. The van der Waals surface area contributed by atoms with Crippen molar-refractivity contribution in [1.82, 2.24) is 5.32 Å². The first-order valence-corrected chi connectivity index (χ1v) is 2.86. The molecule has 1 aliphatic rings. The van der Waals surface area contributed by atoms with Crippen LogP contribution in [-0.4, -0.2) is 19.2 Å². The lowest BCUT2D eigenvalue weighted by atomic mass is 10.1. The highest BCUT2D eigenvalue weighted by molar-refractivity contribution is 5.67. The molecule has 1 atom stereocenters. The molecule has 0 unspecified atom stereocenters.